The van der Waals surface area contributed by atoms with Crippen LogP contribution in [0.2, 0.25) is 0 Å². The Hall–Kier alpha value is -1.50. The van der Waals surface area contributed by atoms with Crippen molar-refractivity contribution in [2.45, 2.75) is 13.0 Å². The number of rotatable bonds is 2. The Labute approximate surface area is 65.0 Å². The topological polar surface area (TPSA) is 59.3 Å². The molecular formula is C7H9NO3. The lowest BCUT2D eigenvalue weighted by Gasteiger charge is -2.03. The summed E-state index contributed by atoms with van der Waals surface area (Å²) in [5, 5.41) is 8.37. The van der Waals surface area contributed by atoms with Gasteiger partial charge in [0.05, 0.1) is 7.11 Å². The standard InChI is InChI=1S/C7H9NO3/c1-3-4-6(5-8)11-7(9)10-2/h3-4,6H,1-2H3/b4-3+. The largest absolute Gasteiger partial charge is 0.509 e. The van der Waals surface area contributed by atoms with Crippen LogP contribution in [0.3, 0.4) is 0 Å². The average Bonchev–Trinajstić information content (AvgIpc) is 2.03. The van der Waals surface area contributed by atoms with E-state index in [-0.39, 0.29) is 0 Å². The van der Waals surface area contributed by atoms with E-state index in [1.165, 1.54) is 13.2 Å². The molecule has 0 saturated heterocycles. The SMILES string of the molecule is C/C=C/C(C#N)OC(=O)OC. The molecule has 0 aromatic rings. The number of hydrogen-bond donors (Lipinski definition) is 0. The molecule has 0 heterocycles. The maximum absolute atomic E-state index is 10.4. The second-order valence-corrected chi connectivity index (χ2v) is 1.65. The quantitative estimate of drug-likeness (QED) is 0.444. The van der Waals surface area contributed by atoms with Gasteiger partial charge in [-0.25, -0.2) is 4.79 Å². The van der Waals surface area contributed by atoms with Crippen LogP contribution in [-0.4, -0.2) is 19.4 Å². The van der Waals surface area contributed by atoms with Crippen molar-refractivity contribution in [3.63, 3.8) is 0 Å². The molecule has 0 aromatic carbocycles. The summed E-state index contributed by atoms with van der Waals surface area (Å²) in [7, 11) is 1.19. The molecule has 1 atom stereocenters. The number of carbonyl (C=O) groups is 1. The van der Waals surface area contributed by atoms with Crippen LogP contribution in [-0.2, 0) is 9.47 Å². The summed E-state index contributed by atoms with van der Waals surface area (Å²) in [6.45, 7) is 1.73. The van der Waals surface area contributed by atoms with Crippen LogP contribution in [0, 0.1) is 11.3 Å². The fourth-order valence-corrected chi connectivity index (χ4v) is 0.435. The number of carbonyl (C=O) groups excluding carboxylic acids is 1. The van der Waals surface area contributed by atoms with Crippen LogP contribution in [0.15, 0.2) is 12.2 Å². The Balaban J connectivity index is 3.90. The van der Waals surface area contributed by atoms with Gasteiger partial charge in [0.2, 0.25) is 6.10 Å². The molecule has 0 spiro atoms. The lowest BCUT2D eigenvalue weighted by Crippen LogP contribution is -2.13. The summed E-state index contributed by atoms with van der Waals surface area (Å²) < 4.78 is 8.66. The third-order valence-corrected chi connectivity index (χ3v) is 0.884. The van der Waals surface area contributed by atoms with E-state index in [1.54, 1.807) is 19.1 Å². The number of ether oxygens (including phenoxy) is 2. The van der Waals surface area contributed by atoms with E-state index in [0.717, 1.165) is 0 Å². The molecule has 0 aromatic heterocycles. The van der Waals surface area contributed by atoms with Crippen molar-refractivity contribution in [1.29, 1.82) is 5.26 Å². The highest BCUT2D eigenvalue weighted by Crippen LogP contribution is 1.94. The zero-order valence-electron chi connectivity index (χ0n) is 6.40. The number of allylic oxidation sites excluding steroid dienone is 1. The van der Waals surface area contributed by atoms with Gasteiger partial charge in [0, 0.05) is 0 Å². The first-order valence-corrected chi connectivity index (χ1v) is 3.01. The monoisotopic (exact) mass is 155 g/mol. The average molecular weight is 155 g/mol. The summed E-state index contributed by atoms with van der Waals surface area (Å²) in [6, 6.07) is 1.76. The molecule has 60 valence electrons. The minimum absolute atomic E-state index is 0.852. The Bertz CT molecular complexity index is 192. The van der Waals surface area contributed by atoms with Crippen molar-refractivity contribution in [2.75, 3.05) is 7.11 Å². The van der Waals surface area contributed by atoms with E-state index in [9.17, 15) is 4.79 Å². The molecule has 4 heteroatoms. The van der Waals surface area contributed by atoms with Crippen LogP contribution < -0.4 is 0 Å². The van der Waals surface area contributed by atoms with Crippen LogP contribution in [0.5, 0.6) is 0 Å². The molecule has 1 unspecified atom stereocenters. The second-order valence-electron chi connectivity index (χ2n) is 1.65. The fourth-order valence-electron chi connectivity index (χ4n) is 0.435. The summed E-state index contributed by atoms with van der Waals surface area (Å²) in [6.07, 6.45) is 1.37. The van der Waals surface area contributed by atoms with Crippen molar-refractivity contribution in [1.82, 2.24) is 0 Å². The molecule has 0 N–H and O–H groups in total. The van der Waals surface area contributed by atoms with Gasteiger partial charge in [0.25, 0.3) is 0 Å². The maximum Gasteiger partial charge on any atom is 0.509 e. The fraction of sp³-hybridized carbons (Fsp3) is 0.429. The summed E-state index contributed by atoms with van der Waals surface area (Å²) in [5.74, 6) is 0. The number of nitriles is 1. The van der Waals surface area contributed by atoms with Gasteiger partial charge in [0.15, 0.2) is 0 Å². The normalized spacial score (nSPS) is 12.1. The van der Waals surface area contributed by atoms with Gasteiger partial charge in [-0.05, 0) is 13.0 Å². The molecule has 0 fully saturated rings. The highest BCUT2D eigenvalue weighted by molar-refractivity contribution is 5.60. The third kappa shape index (κ3) is 3.98. The predicted molar refractivity (Wildman–Crippen MR) is 37.7 cm³/mol. The molecule has 0 radical (unpaired) electrons. The minimum atomic E-state index is -0.854. The number of nitrogens with zero attached hydrogens (tertiary/aromatic N) is 1. The van der Waals surface area contributed by atoms with Gasteiger partial charge in [0.1, 0.15) is 6.07 Å². The Morgan fingerprint density at radius 2 is 2.36 bits per heavy atom. The molecule has 0 aliphatic carbocycles. The molecule has 11 heavy (non-hydrogen) atoms. The molecule has 0 amide bonds. The molecule has 4 nitrogen and oxygen atoms in total. The van der Waals surface area contributed by atoms with Crippen molar-refractivity contribution >= 4 is 6.16 Å². The lowest BCUT2D eigenvalue weighted by molar-refractivity contribution is 0.0667. The molecule has 0 aliphatic rings. The Morgan fingerprint density at radius 3 is 2.73 bits per heavy atom. The minimum Gasteiger partial charge on any atom is -0.438 e. The first-order chi connectivity index (χ1) is 5.24. The lowest BCUT2D eigenvalue weighted by atomic mass is 10.3. The smallest absolute Gasteiger partial charge is 0.438 e. The number of methoxy groups -OCH3 is 1. The van der Waals surface area contributed by atoms with Gasteiger partial charge in [-0.1, -0.05) is 6.08 Å². The molecule has 0 rings (SSSR count). The van der Waals surface area contributed by atoms with Crippen molar-refractivity contribution in [3.05, 3.63) is 12.2 Å². The summed E-state index contributed by atoms with van der Waals surface area (Å²) in [4.78, 5) is 10.4. The van der Waals surface area contributed by atoms with Gasteiger partial charge in [-0.3, -0.25) is 0 Å². The zero-order valence-corrected chi connectivity index (χ0v) is 6.40. The highest BCUT2D eigenvalue weighted by atomic mass is 16.7. The molecule has 0 aliphatic heterocycles. The second kappa shape index (κ2) is 5.30. The van der Waals surface area contributed by atoms with E-state index < -0.39 is 12.3 Å². The van der Waals surface area contributed by atoms with E-state index in [1.807, 2.05) is 0 Å². The first-order valence-electron chi connectivity index (χ1n) is 3.01. The van der Waals surface area contributed by atoms with Gasteiger partial charge < -0.3 is 9.47 Å². The van der Waals surface area contributed by atoms with E-state index in [0.29, 0.717) is 0 Å². The molecule has 0 bridgehead atoms. The van der Waals surface area contributed by atoms with Crippen LogP contribution in [0.1, 0.15) is 6.92 Å². The van der Waals surface area contributed by atoms with Crippen molar-refractivity contribution in [3.8, 4) is 6.07 Å². The van der Waals surface area contributed by atoms with Gasteiger partial charge >= 0.3 is 6.16 Å². The maximum atomic E-state index is 10.4. The number of hydrogen-bond acceptors (Lipinski definition) is 4. The van der Waals surface area contributed by atoms with Crippen molar-refractivity contribution in [2.24, 2.45) is 0 Å². The first kappa shape index (κ1) is 9.50. The van der Waals surface area contributed by atoms with E-state index in [2.05, 4.69) is 9.47 Å². The van der Waals surface area contributed by atoms with E-state index >= 15 is 0 Å². The Kier molecular flexibility index (Phi) is 4.58. The van der Waals surface area contributed by atoms with Gasteiger partial charge in [-0.15, -0.1) is 0 Å². The third-order valence-electron chi connectivity index (χ3n) is 0.884. The van der Waals surface area contributed by atoms with Gasteiger partial charge in [-0.2, -0.15) is 5.26 Å². The molecular weight excluding hydrogens is 146 g/mol. The Morgan fingerprint density at radius 1 is 1.73 bits per heavy atom. The van der Waals surface area contributed by atoms with Crippen LogP contribution >= 0.6 is 0 Å². The van der Waals surface area contributed by atoms with E-state index in [4.69, 9.17) is 5.26 Å². The molecule has 0 saturated carbocycles. The zero-order chi connectivity index (χ0) is 8.69. The van der Waals surface area contributed by atoms with Crippen molar-refractivity contribution < 1.29 is 14.3 Å². The van der Waals surface area contributed by atoms with Crippen LogP contribution in [0.4, 0.5) is 4.79 Å². The summed E-state index contributed by atoms with van der Waals surface area (Å²) in [5.41, 5.74) is 0. The summed E-state index contributed by atoms with van der Waals surface area (Å²) >= 11 is 0. The van der Waals surface area contributed by atoms with Crippen LogP contribution in [0.25, 0.3) is 0 Å². The predicted octanol–water partition coefficient (Wildman–Crippen LogP) is 1.24. The highest BCUT2D eigenvalue weighted by Gasteiger charge is 2.08.